The normalized spacial score (nSPS) is 15.6. The number of fused-ring (bicyclic) bond motifs is 1. The Labute approximate surface area is 165 Å². The van der Waals surface area contributed by atoms with Crippen LogP contribution in [0.4, 0.5) is 11.4 Å². The summed E-state index contributed by atoms with van der Waals surface area (Å²) in [6.07, 6.45) is 2.55. The second-order valence-electron chi connectivity index (χ2n) is 6.79. The zero-order chi connectivity index (χ0) is 20.1. The number of carbonyl (C=O) groups excluding carboxylic acids is 2. The van der Waals surface area contributed by atoms with Gasteiger partial charge in [-0.3, -0.25) is 9.59 Å². The summed E-state index contributed by atoms with van der Waals surface area (Å²) in [4.78, 5) is 27.0. The van der Waals surface area contributed by atoms with E-state index in [1.165, 1.54) is 7.11 Å². The van der Waals surface area contributed by atoms with Crippen LogP contribution >= 0.6 is 0 Å². The fraction of sp³-hybridized carbons (Fsp3) is 0.364. The molecule has 6 nitrogen and oxygen atoms in total. The standard InChI is InChI=1S/C22H26N2O4/c1-4-5-8-13-24-18-14-16(11-12-20(18)28-15(2)22(24)26)23-21(25)17-9-6-7-10-19(17)27-3/h6-7,9-12,14-15H,4-5,8,13H2,1-3H3,(H,23,25). The smallest absolute Gasteiger partial charge is 0.267 e. The van der Waals surface area contributed by atoms with E-state index >= 15 is 0 Å². The summed E-state index contributed by atoms with van der Waals surface area (Å²) in [6, 6.07) is 12.4. The number of nitrogens with one attached hydrogen (secondary N) is 1. The molecule has 0 aliphatic carbocycles. The summed E-state index contributed by atoms with van der Waals surface area (Å²) < 4.78 is 11.0. The third-order valence-electron chi connectivity index (χ3n) is 4.76. The Hall–Kier alpha value is -3.02. The molecule has 0 saturated carbocycles. The molecule has 1 heterocycles. The van der Waals surface area contributed by atoms with Crippen molar-refractivity contribution >= 4 is 23.2 Å². The van der Waals surface area contributed by atoms with Crippen LogP contribution in [0, 0.1) is 0 Å². The lowest BCUT2D eigenvalue weighted by molar-refractivity contribution is -0.125. The van der Waals surface area contributed by atoms with E-state index < -0.39 is 6.10 Å². The Balaban J connectivity index is 1.85. The van der Waals surface area contributed by atoms with Gasteiger partial charge in [-0.15, -0.1) is 0 Å². The third kappa shape index (κ3) is 4.11. The first kappa shape index (κ1) is 19.7. The lowest BCUT2D eigenvalue weighted by Crippen LogP contribution is -2.44. The molecular weight excluding hydrogens is 356 g/mol. The molecule has 0 aromatic heterocycles. The van der Waals surface area contributed by atoms with E-state index in [-0.39, 0.29) is 11.8 Å². The first-order valence-electron chi connectivity index (χ1n) is 9.61. The molecular formula is C22H26N2O4. The molecule has 2 aromatic rings. The first-order chi connectivity index (χ1) is 13.5. The maximum absolute atomic E-state index is 12.7. The van der Waals surface area contributed by atoms with E-state index in [9.17, 15) is 9.59 Å². The van der Waals surface area contributed by atoms with Crippen molar-refractivity contribution in [2.75, 3.05) is 23.9 Å². The largest absolute Gasteiger partial charge is 0.496 e. The van der Waals surface area contributed by atoms with Crippen LogP contribution in [-0.2, 0) is 4.79 Å². The van der Waals surface area contributed by atoms with Crippen LogP contribution < -0.4 is 19.7 Å². The molecule has 2 aromatic carbocycles. The lowest BCUT2D eigenvalue weighted by atomic mass is 10.1. The number of amides is 2. The fourth-order valence-corrected chi connectivity index (χ4v) is 3.27. The Kier molecular flexibility index (Phi) is 6.19. The molecule has 1 N–H and O–H groups in total. The number of rotatable bonds is 7. The highest BCUT2D eigenvalue weighted by molar-refractivity contribution is 6.07. The van der Waals surface area contributed by atoms with Crippen molar-refractivity contribution in [1.82, 2.24) is 0 Å². The van der Waals surface area contributed by atoms with Gasteiger partial charge in [0.25, 0.3) is 11.8 Å². The molecule has 0 bridgehead atoms. The number of anilines is 2. The summed E-state index contributed by atoms with van der Waals surface area (Å²) in [6.45, 7) is 4.52. The van der Waals surface area contributed by atoms with Crippen molar-refractivity contribution in [3.8, 4) is 11.5 Å². The first-order valence-corrected chi connectivity index (χ1v) is 9.61. The Morgan fingerprint density at radius 1 is 1.21 bits per heavy atom. The number of hydrogen-bond donors (Lipinski definition) is 1. The minimum Gasteiger partial charge on any atom is -0.496 e. The minimum atomic E-state index is -0.511. The van der Waals surface area contributed by atoms with E-state index in [0.717, 1.165) is 19.3 Å². The van der Waals surface area contributed by atoms with E-state index in [1.807, 2.05) is 6.07 Å². The van der Waals surface area contributed by atoms with Gasteiger partial charge in [-0.1, -0.05) is 31.9 Å². The number of hydrogen-bond acceptors (Lipinski definition) is 4. The van der Waals surface area contributed by atoms with Crippen molar-refractivity contribution in [1.29, 1.82) is 0 Å². The molecule has 1 atom stereocenters. The number of benzene rings is 2. The monoisotopic (exact) mass is 382 g/mol. The van der Waals surface area contributed by atoms with Crippen molar-refractivity contribution in [3.05, 3.63) is 48.0 Å². The van der Waals surface area contributed by atoms with Crippen LogP contribution in [-0.4, -0.2) is 31.6 Å². The molecule has 0 fully saturated rings. The van der Waals surface area contributed by atoms with Crippen LogP contribution in [0.2, 0.25) is 0 Å². The summed E-state index contributed by atoms with van der Waals surface area (Å²) in [5.74, 6) is 0.827. The number of nitrogens with zero attached hydrogens (tertiary/aromatic N) is 1. The molecule has 2 amide bonds. The second-order valence-corrected chi connectivity index (χ2v) is 6.79. The van der Waals surface area contributed by atoms with E-state index in [1.54, 1.807) is 48.2 Å². The average Bonchev–Trinajstić information content (AvgIpc) is 2.71. The molecule has 1 unspecified atom stereocenters. The third-order valence-corrected chi connectivity index (χ3v) is 4.76. The number of unbranched alkanes of at least 4 members (excludes halogenated alkanes) is 2. The summed E-state index contributed by atoms with van der Waals surface area (Å²) >= 11 is 0. The van der Waals surface area contributed by atoms with Gasteiger partial charge in [0.1, 0.15) is 11.5 Å². The second kappa shape index (κ2) is 8.78. The Morgan fingerprint density at radius 2 is 2.00 bits per heavy atom. The molecule has 28 heavy (non-hydrogen) atoms. The van der Waals surface area contributed by atoms with Gasteiger partial charge in [-0.2, -0.15) is 0 Å². The van der Waals surface area contributed by atoms with Gasteiger partial charge >= 0.3 is 0 Å². The number of ether oxygens (including phenoxy) is 2. The highest BCUT2D eigenvalue weighted by Gasteiger charge is 2.31. The zero-order valence-corrected chi connectivity index (χ0v) is 16.5. The van der Waals surface area contributed by atoms with Crippen molar-refractivity contribution in [2.24, 2.45) is 0 Å². The van der Waals surface area contributed by atoms with Crippen LogP contribution in [0.3, 0.4) is 0 Å². The van der Waals surface area contributed by atoms with Crippen molar-refractivity contribution in [2.45, 2.75) is 39.2 Å². The van der Waals surface area contributed by atoms with Gasteiger partial charge in [0.2, 0.25) is 0 Å². The topological polar surface area (TPSA) is 67.9 Å². The van der Waals surface area contributed by atoms with Crippen LogP contribution in [0.1, 0.15) is 43.5 Å². The summed E-state index contributed by atoms with van der Waals surface area (Å²) in [5, 5.41) is 2.88. The van der Waals surface area contributed by atoms with Gasteiger partial charge in [-0.05, 0) is 43.7 Å². The maximum Gasteiger partial charge on any atom is 0.267 e. The van der Waals surface area contributed by atoms with Gasteiger partial charge in [0, 0.05) is 12.2 Å². The maximum atomic E-state index is 12.7. The van der Waals surface area contributed by atoms with E-state index in [0.29, 0.717) is 35.0 Å². The summed E-state index contributed by atoms with van der Waals surface area (Å²) in [7, 11) is 1.53. The van der Waals surface area contributed by atoms with Crippen LogP contribution in [0.5, 0.6) is 11.5 Å². The molecule has 148 valence electrons. The lowest BCUT2D eigenvalue weighted by Gasteiger charge is -2.33. The SMILES string of the molecule is CCCCCN1C(=O)C(C)Oc2ccc(NC(=O)c3ccccc3OC)cc21. The molecule has 3 rings (SSSR count). The van der Waals surface area contributed by atoms with E-state index in [4.69, 9.17) is 9.47 Å². The van der Waals surface area contributed by atoms with Crippen LogP contribution in [0.15, 0.2) is 42.5 Å². The molecule has 1 aliphatic rings. The highest BCUT2D eigenvalue weighted by atomic mass is 16.5. The summed E-state index contributed by atoms with van der Waals surface area (Å²) in [5.41, 5.74) is 1.74. The number of methoxy groups -OCH3 is 1. The number of carbonyl (C=O) groups is 2. The molecule has 0 saturated heterocycles. The quantitative estimate of drug-likeness (QED) is 0.727. The molecule has 0 spiro atoms. The van der Waals surface area contributed by atoms with Crippen LogP contribution in [0.25, 0.3) is 0 Å². The van der Waals surface area contributed by atoms with Crippen molar-refractivity contribution < 1.29 is 19.1 Å². The van der Waals surface area contributed by atoms with Gasteiger partial charge in [0.05, 0.1) is 18.4 Å². The predicted molar refractivity (Wildman–Crippen MR) is 109 cm³/mol. The van der Waals surface area contributed by atoms with Gasteiger partial charge in [0.15, 0.2) is 6.10 Å². The van der Waals surface area contributed by atoms with Gasteiger partial charge < -0.3 is 19.7 Å². The minimum absolute atomic E-state index is 0.0585. The van der Waals surface area contributed by atoms with Gasteiger partial charge in [-0.25, -0.2) is 0 Å². The number of para-hydroxylation sites is 1. The zero-order valence-electron chi connectivity index (χ0n) is 16.5. The fourth-order valence-electron chi connectivity index (χ4n) is 3.27. The Morgan fingerprint density at radius 3 is 2.75 bits per heavy atom. The van der Waals surface area contributed by atoms with E-state index in [2.05, 4.69) is 12.2 Å². The Bertz CT molecular complexity index is 865. The molecule has 0 radical (unpaired) electrons. The average molecular weight is 382 g/mol. The highest BCUT2D eigenvalue weighted by Crippen LogP contribution is 2.36. The molecule has 1 aliphatic heterocycles. The molecule has 6 heteroatoms. The predicted octanol–water partition coefficient (Wildman–Crippen LogP) is 4.25. The van der Waals surface area contributed by atoms with Crippen molar-refractivity contribution in [3.63, 3.8) is 0 Å².